The van der Waals surface area contributed by atoms with Gasteiger partial charge in [-0.15, -0.1) is 0 Å². The van der Waals surface area contributed by atoms with E-state index in [-0.39, 0.29) is 0 Å². The predicted octanol–water partition coefficient (Wildman–Crippen LogP) is 3.33. The van der Waals surface area contributed by atoms with Gasteiger partial charge in [-0.3, -0.25) is 0 Å². The molecule has 0 saturated carbocycles. The first kappa shape index (κ1) is 9.28. The van der Waals surface area contributed by atoms with Crippen molar-refractivity contribution in [1.82, 2.24) is 0 Å². The summed E-state index contributed by atoms with van der Waals surface area (Å²) in [4.78, 5) is 0. The van der Waals surface area contributed by atoms with Crippen molar-refractivity contribution in [3.8, 4) is 0 Å². The van der Waals surface area contributed by atoms with E-state index in [1.807, 2.05) is 0 Å². The van der Waals surface area contributed by atoms with Gasteiger partial charge in [-0.2, -0.15) is 0 Å². The van der Waals surface area contributed by atoms with E-state index in [1.165, 1.54) is 31.3 Å². The SMILES string of the molecule is CCCCC1=[C]([Ti])C(C)=CC1. The molecule has 0 unspecified atom stereocenters. The molecule has 0 heterocycles. The normalized spacial score (nSPS) is 17.4. The zero-order chi connectivity index (χ0) is 8.27. The van der Waals surface area contributed by atoms with Crippen LogP contribution in [0.4, 0.5) is 0 Å². The summed E-state index contributed by atoms with van der Waals surface area (Å²) in [5, 5.41) is 0. The zero-order valence-corrected chi connectivity index (χ0v) is 8.97. The van der Waals surface area contributed by atoms with Crippen LogP contribution in [0.2, 0.25) is 0 Å². The summed E-state index contributed by atoms with van der Waals surface area (Å²) in [5.74, 6) is 0. The molecule has 0 aromatic heterocycles. The topological polar surface area (TPSA) is 0 Å². The van der Waals surface area contributed by atoms with Gasteiger partial charge in [0.25, 0.3) is 0 Å². The Morgan fingerprint density at radius 3 is 2.73 bits per heavy atom. The van der Waals surface area contributed by atoms with Gasteiger partial charge in [0, 0.05) is 0 Å². The molecule has 0 aliphatic heterocycles. The number of hydrogen-bond acceptors (Lipinski definition) is 0. The average molecular weight is 183 g/mol. The Morgan fingerprint density at radius 1 is 1.55 bits per heavy atom. The van der Waals surface area contributed by atoms with Gasteiger partial charge < -0.3 is 0 Å². The molecule has 0 N–H and O–H groups in total. The van der Waals surface area contributed by atoms with Crippen molar-refractivity contribution in [2.75, 3.05) is 0 Å². The van der Waals surface area contributed by atoms with E-state index in [4.69, 9.17) is 0 Å². The van der Waals surface area contributed by atoms with E-state index in [0.717, 1.165) is 0 Å². The van der Waals surface area contributed by atoms with Crippen molar-refractivity contribution in [3.05, 3.63) is 21.1 Å². The first-order valence-electron chi connectivity index (χ1n) is 4.36. The molecule has 1 aliphatic rings. The summed E-state index contributed by atoms with van der Waals surface area (Å²) in [5.41, 5.74) is 3.17. The summed E-state index contributed by atoms with van der Waals surface area (Å²) in [6, 6.07) is 0. The first-order valence-corrected chi connectivity index (χ1v) is 5.14. The Labute approximate surface area is 81.2 Å². The molecule has 0 aromatic rings. The summed E-state index contributed by atoms with van der Waals surface area (Å²) >= 11 is 2.25. The van der Waals surface area contributed by atoms with Gasteiger partial charge in [-0.05, 0) is 0 Å². The van der Waals surface area contributed by atoms with Crippen LogP contribution in [-0.2, 0) is 20.4 Å². The quantitative estimate of drug-likeness (QED) is 0.588. The summed E-state index contributed by atoms with van der Waals surface area (Å²) in [6.07, 6.45) is 7.55. The minimum atomic E-state index is 1.22. The van der Waals surface area contributed by atoms with Crippen molar-refractivity contribution in [2.24, 2.45) is 0 Å². The molecule has 0 radical (unpaired) electrons. The maximum atomic E-state index is 2.35. The van der Waals surface area contributed by atoms with Crippen LogP contribution < -0.4 is 0 Å². The molecule has 0 bridgehead atoms. The van der Waals surface area contributed by atoms with E-state index >= 15 is 0 Å². The van der Waals surface area contributed by atoms with Crippen LogP contribution in [0.5, 0.6) is 0 Å². The fraction of sp³-hybridized carbons (Fsp3) is 0.600. The van der Waals surface area contributed by atoms with Crippen LogP contribution in [0, 0.1) is 0 Å². The summed E-state index contributed by atoms with van der Waals surface area (Å²) in [6.45, 7) is 4.47. The van der Waals surface area contributed by atoms with Gasteiger partial charge in [0.15, 0.2) is 0 Å². The van der Waals surface area contributed by atoms with Crippen LogP contribution in [0.1, 0.15) is 39.5 Å². The van der Waals surface area contributed by atoms with E-state index in [0.29, 0.717) is 0 Å². The predicted molar refractivity (Wildman–Crippen MR) is 44.9 cm³/mol. The van der Waals surface area contributed by atoms with Gasteiger partial charge >= 0.3 is 81.1 Å². The molecule has 1 aliphatic carbocycles. The third-order valence-electron chi connectivity index (χ3n) is 2.23. The third kappa shape index (κ3) is 2.32. The standard InChI is InChI=1S/C10H15.Ti/c1-3-4-5-10-7-6-9(2)8-10;/h6H,3-5,7H2,1-2H3;. The van der Waals surface area contributed by atoms with Crippen molar-refractivity contribution >= 4 is 0 Å². The Balaban J connectivity index is 2.49. The minimum absolute atomic E-state index is 1.22. The maximum absolute atomic E-state index is 2.35. The van der Waals surface area contributed by atoms with Crippen LogP contribution in [-0.4, -0.2) is 0 Å². The molecule has 1 rings (SSSR count). The van der Waals surface area contributed by atoms with Gasteiger partial charge in [-0.25, -0.2) is 0 Å². The van der Waals surface area contributed by atoms with Gasteiger partial charge in [0.2, 0.25) is 0 Å². The Morgan fingerprint density at radius 2 is 2.27 bits per heavy atom. The monoisotopic (exact) mass is 183 g/mol. The van der Waals surface area contributed by atoms with E-state index < -0.39 is 0 Å². The van der Waals surface area contributed by atoms with Crippen molar-refractivity contribution < 1.29 is 20.4 Å². The molecular weight excluding hydrogens is 168 g/mol. The Hall–Kier alpha value is 0.194. The first-order chi connectivity index (χ1) is 5.25. The Kier molecular flexibility index (Phi) is 3.61. The molecule has 0 nitrogen and oxygen atoms in total. The number of allylic oxidation sites excluding steroid dienone is 4. The van der Waals surface area contributed by atoms with Crippen molar-refractivity contribution in [1.29, 1.82) is 0 Å². The molecule has 0 spiro atoms. The van der Waals surface area contributed by atoms with Crippen molar-refractivity contribution in [2.45, 2.75) is 39.5 Å². The van der Waals surface area contributed by atoms with Crippen molar-refractivity contribution in [3.63, 3.8) is 0 Å². The van der Waals surface area contributed by atoms with Crippen LogP contribution in [0.15, 0.2) is 21.1 Å². The molecular formula is C10H15Ti. The molecule has 0 fully saturated rings. The summed E-state index contributed by atoms with van der Waals surface area (Å²) in [7, 11) is 0. The van der Waals surface area contributed by atoms with Crippen LogP contribution in [0.3, 0.4) is 0 Å². The van der Waals surface area contributed by atoms with E-state index in [9.17, 15) is 0 Å². The van der Waals surface area contributed by atoms with E-state index in [2.05, 4.69) is 40.4 Å². The third-order valence-corrected chi connectivity index (χ3v) is 3.40. The molecule has 0 amide bonds. The number of rotatable bonds is 3. The Bertz CT molecular complexity index is 199. The molecule has 0 atom stereocenters. The molecule has 11 heavy (non-hydrogen) atoms. The van der Waals surface area contributed by atoms with Gasteiger partial charge in [-0.1, -0.05) is 0 Å². The van der Waals surface area contributed by atoms with Crippen LogP contribution in [0.25, 0.3) is 0 Å². The molecule has 1 heteroatoms. The second-order valence-electron chi connectivity index (χ2n) is 3.17. The molecule has 0 aromatic carbocycles. The second kappa shape index (κ2) is 4.28. The molecule has 59 valence electrons. The summed E-state index contributed by atoms with van der Waals surface area (Å²) < 4.78 is 1.55. The molecule has 0 saturated heterocycles. The average Bonchev–Trinajstić information content (AvgIpc) is 2.31. The van der Waals surface area contributed by atoms with Crippen LogP contribution >= 0.6 is 0 Å². The fourth-order valence-electron chi connectivity index (χ4n) is 1.38. The second-order valence-corrected chi connectivity index (χ2v) is 3.95. The number of hydrogen-bond donors (Lipinski definition) is 0. The zero-order valence-electron chi connectivity index (χ0n) is 7.41. The number of unbranched alkanes of at least 4 members (excludes halogenated alkanes) is 1. The van der Waals surface area contributed by atoms with Gasteiger partial charge in [0.05, 0.1) is 0 Å². The van der Waals surface area contributed by atoms with Gasteiger partial charge in [0.1, 0.15) is 0 Å². The fourth-order valence-corrected chi connectivity index (χ4v) is 1.89. The van der Waals surface area contributed by atoms with E-state index in [1.54, 1.807) is 9.45 Å².